The van der Waals surface area contributed by atoms with E-state index < -0.39 is 11.5 Å². The maximum absolute atomic E-state index is 12.3. The van der Waals surface area contributed by atoms with Crippen LogP contribution in [0.1, 0.15) is 22.8 Å². The van der Waals surface area contributed by atoms with Crippen LogP contribution in [0.2, 0.25) is 0 Å². The zero-order valence-electron chi connectivity index (χ0n) is 12.0. The molecule has 0 spiro atoms. The lowest BCUT2D eigenvalue weighted by atomic mass is 10.1. The predicted molar refractivity (Wildman–Crippen MR) is 81.8 cm³/mol. The average molecular weight is 297 g/mol. The van der Waals surface area contributed by atoms with Crippen LogP contribution in [0.25, 0.3) is 11.0 Å². The quantitative estimate of drug-likeness (QED) is 0.752. The molecular weight excluding hydrogens is 282 g/mol. The highest BCUT2D eigenvalue weighted by Crippen LogP contribution is 2.13. The Balaban J connectivity index is 1.79. The number of nitrogens with one attached hydrogen (secondary N) is 1. The lowest BCUT2D eigenvalue weighted by molar-refractivity contribution is 0.0936. The molecule has 1 amide bonds. The van der Waals surface area contributed by atoms with E-state index >= 15 is 0 Å². The minimum absolute atomic E-state index is 0.0118. The molecule has 0 bridgehead atoms. The number of amides is 1. The monoisotopic (exact) mass is 297 g/mol. The van der Waals surface area contributed by atoms with Gasteiger partial charge in [0.1, 0.15) is 11.1 Å². The molecule has 0 unspecified atom stereocenters. The number of furan rings is 1. The lowest BCUT2D eigenvalue weighted by Gasteiger charge is -2.12. The highest BCUT2D eigenvalue weighted by atomic mass is 16.4. The minimum Gasteiger partial charge on any atom is -0.472 e. The van der Waals surface area contributed by atoms with E-state index in [1.165, 1.54) is 0 Å². The first-order chi connectivity index (χ1) is 10.6. The molecule has 1 N–H and O–H groups in total. The summed E-state index contributed by atoms with van der Waals surface area (Å²) in [5.74, 6) is -0.435. The maximum atomic E-state index is 12.3. The second-order valence-electron chi connectivity index (χ2n) is 5.20. The number of hydrogen-bond acceptors (Lipinski definition) is 4. The van der Waals surface area contributed by atoms with Gasteiger partial charge in [-0.05, 0) is 37.1 Å². The Labute approximate surface area is 126 Å². The van der Waals surface area contributed by atoms with Crippen molar-refractivity contribution >= 4 is 16.9 Å². The third kappa shape index (κ3) is 2.93. The summed E-state index contributed by atoms with van der Waals surface area (Å²) in [5.41, 5.74) is 0.832. The van der Waals surface area contributed by atoms with Crippen molar-refractivity contribution in [1.29, 1.82) is 0 Å². The number of fused-ring (bicyclic) bond motifs is 1. The minimum atomic E-state index is -0.633. The van der Waals surface area contributed by atoms with Crippen molar-refractivity contribution in [3.8, 4) is 0 Å². The molecule has 112 valence electrons. The SMILES string of the molecule is C[C@@H](Cc1ccoc1)NC(=O)c1cc2ccccc2oc1=O. The van der Waals surface area contributed by atoms with Crippen LogP contribution >= 0.6 is 0 Å². The Morgan fingerprint density at radius 2 is 2.09 bits per heavy atom. The van der Waals surface area contributed by atoms with Crippen LogP contribution in [0, 0.1) is 0 Å². The Morgan fingerprint density at radius 1 is 1.27 bits per heavy atom. The van der Waals surface area contributed by atoms with Crippen molar-refractivity contribution in [2.75, 3.05) is 0 Å². The molecule has 0 radical (unpaired) electrons. The third-order valence-corrected chi connectivity index (χ3v) is 3.39. The summed E-state index contributed by atoms with van der Waals surface area (Å²) in [5, 5.41) is 3.52. The molecule has 5 heteroatoms. The van der Waals surface area contributed by atoms with E-state index in [1.807, 2.05) is 19.1 Å². The number of hydrogen-bond donors (Lipinski definition) is 1. The van der Waals surface area contributed by atoms with Crippen LogP contribution in [-0.2, 0) is 6.42 Å². The molecule has 3 aromatic rings. The Bertz CT molecular complexity index is 848. The van der Waals surface area contributed by atoms with Gasteiger partial charge in [-0.25, -0.2) is 4.79 Å². The molecule has 0 aliphatic carbocycles. The third-order valence-electron chi connectivity index (χ3n) is 3.39. The normalized spacial score (nSPS) is 12.2. The van der Waals surface area contributed by atoms with Gasteiger partial charge in [-0.3, -0.25) is 4.79 Å². The van der Waals surface area contributed by atoms with Crippen LogP contribution in [0.15, 0.2) is 62.6 Å². The van der Waals surface area contributed by atoms with Gasteiger partial charge in [0.15, 0.2) is 0 Å². The summed E-state index contributed by atoms with van der Waals surface area (Å²) >= 11 is 0. The summed E-state index contributed by atoms with van der Waals surface area (Å²) in [6.07, 6.45) is 3.84. The molecule has 2 aromatic heterocycles. The highest BCUT2D eigenvalue weighted by molar-refractivity contribution is 5.96. The lowest BCUT2D eigenvalue weighted by Crippen LogP contribution is -2.36. The van der Waals surface area contributed by atoms with Gasteiger partial charge in [0.25, 0.3) is 5.91 Å². The summed E-state index contributed by atoms with van der Waals surface area (Å²) in [7, 11) is 0. The molecule has 22 heavy (non-hydrogen) atoms. The van der Waals surface area contributed by atoms with Crippen molar-refractivity contribution in [3.63, 3.8) is 0 Å². The van der Waals surface area contributed by atoms with E-state index in [4.69, 9.17) is 8.83 Å². The fourth-order valence-electron chi connectivity index (χ4n) is 2.34. The van der Waals surface area contributed by atoms with Gasteiger partial charge in [0, 0.05) is 11.4 Å². The van der Waals surface area contributed by atoms with Crippen LogP contribution in [0.3, 0.4) is 0 Å². The van der Waals surface area contributed by atoms with Crippen molar-refractivity contribution in [3.05, 3.63) is 70.5 Å². The Kier molecular flexibility index (Phi) is 3.78. The molecule has 1 aromatic carbocycles. The van der Waals surface area contributed by atoms with Crippen LogP contribution in [-0.4, -0.2) is 11.9 Å². The smallest absolute Gasteiger partial charge is 0.349 e. The van der Waals surface area contributed by atoms with Gasteiger partial charge in [-0.15, -0.1) is 0 Å². The highest BCUT2D eigenvalue weighted by Gasteiger charge is 2.16. The van der Waals surface area contributed by atoms with Gasteiger partial charge >= 0.3 is 5.63 Å². The Hall–Kier alpha value is -2.82. The number of carbonyl (C=O) groups excluding carboxylic acids is 1. The van der Waals surface area contributed by atoms with Gasteiger partial charge in [0.2, 0.25) is 0 Å². The van der Waals surface area contributed by atoms with Crippen molar-refractivity contribution in [1.82, 2.24) is 5.32 Å². The van der Waals surface area contributed by atoms with E-state index in [1.54, 1.807) is 36.8 Å². The van der Waals surface area contributed by atoms with Gasteiger partial charge in [-0.2, -0.15) is 0 Å². The largest absolute Gasteiger partial charge is 0.472 e. The molecule has 0 fully saturated rings. The standard InChI is InChI=1S/C17H15NO4/c1-11(8-12-6-7-21-10-12)18-16(19)14-9-13-4-2-3-5-15(13)22-17(14)20/h2-7,9-11H,8H2,1H3,(H,18,19)/t11-/m0/s1. The molecule has 0 aliphatic rings. The van der Waals surface area contributed by atoms with Gasteiger partial charge in [-0.1, -0.05) is 18.2 Å². The first-order valence-electron chi connectivity index (χ1n) is 6.98. The van der Waals surface area contributed by atoms with E-state index in [0.29, 0.717) is 12.0 Å². The fraction of sp³-hybridized carbons (Fsp3) is 0.176. The summed E-state index contributed by atoms with van der Waals surface area (Å²) in [4.78, 5) is 24.2. The predicted octanol–water partition coefficient (Wildman–Crippen LogP) is 2.75. The summed E-state index contributed by atoms with van der Waals surface area (Å²) in [6, 6.07) is 10.4. The summed E-state index contributed by atoms with van der Waals surface area (Å²) < 4.78 is 10.2. The number of rotatable bonds is 4. The molecule has 1 atom stereocenters. The first-order valence-corrected chi connectivity index (χ1v) is 6.98. The van der Waals surface area contributed by atoms with E-state index in [9.17, 15) is 9.59 Å². The van der Waals surface area contributed by atoms with Crippen LogP contribution < -0.4 is 10.9 Å². The molecule has 3 rings (SSSR count). The number of benzene rings is 1. The topological polar surface area (TPSA) is 72.5 Å². The second-order valence-corrected chi connectivity index (χ2v) is 5.20. The van der Waals surface area contributed by atoms with Crippen molar-refractivity contribution in [2.24, 2.45) is 0 Å². The van der Waals surface area contributed by atoms with Gasteiger partial charge < -0.3 is 14.2 Å². The molecule has 2 heterocycles. The fourth-order valence-corrected chi connectivity index (χ4v) is 2.34. The van der Waals surface area contributed by atoms with Crippen LogP contribution in [0.5, 0.6) is 0 Å². The van der Waals surface area contributed by atoms with E-state index in [0.717, 1.165) is 10.9 Å². The molecular formula is C17H15NO4. The molecule has 0 saturated heterocycles. The summed E-state index contributed by atoms with van der Waals surface area (Å²) in [6.45, 7) is 1.87. The number of carbonyl (C=O) groups is 1. The second kappa shape index (κ2) is 5.89. The average Bonchev–Trinajstić information content (AvgIpc) is 2.99. The Morgan fingerprint density at radius 3 is 2.86 bits per heavy atom. The number of para-hydroxylation sites is 1. The van der Waals surface area contributed by atoms with Crippen molar-refractivity contribution < 1.29 is 13.6 Å². The molecule has 0 aliphatic heterocycles. The van der Waals surface area contributed by atoms with Crippen LogP contribution in [0.4, 0.5) is 0 Å². The maximum Gasteiger partial charge on any atom is 0.349 e. The van der Waals surface area contributed by atoms with Crippen molar-refractivity contribution in [2.45, 2.75) is 19.4 Å². The first kappa shape index (κ1) is 14.1. The van der Waals surface area contributed by atoms with E-state index in [2.05, 4.69) is 5.32 Å². The zero-order valence-corrected chi connectivity index (χ0v) is 12.0. The zero-order chi connectivity index (χ0) is 15.5. The van der Waals surface area contributed by atoms with E-state index in [-0.39, 0.29) is 11.6 Å². The molecule has 0 saturated carbocycles. The molecule has 5 nitrogen and oxygen atoms in total. The van der Waals surface area contributed by atoms with Gasteiger partial charge in [0.05, 0.1) is 12.5 Å².